The molecule has 1 saturated heterocycles. The second-order valence-corrected chi connectivity index (χ2v) is 12.2. The topological polar surface area (TPSA) is 121 Å². The second-order valence-electron chi connectivity index (χ2n) is 10.2. The molecule has 9 nitrogen and oxygen atoms in total. The minimum atomic E-state index is -3.20. The van der Waals surface area contributed by atoms with Gasteiger partial charge in [0.2, 0.25) is 11.8 Å². The first kappa shape index (κ1) is 27.4. The lowest BCUT2D eigenvalue weighted by atomic mass is 10.0. The lowest BCUT2D eigenvalue weighted by Crippen LogP contribution is -2.39. The van der Waals surface area contributed by atoms with Gasteiger partial charge in [-0.15, -0.1) is 0 Å². The van der Waals surface area contributed by atoms with Crippen molar-refractivity contribution in [1.29, 1.82) is 5.26 Å². The summed E-state index contributed by atoms with van der Waals surface area (Å²) in [5, 5.41) is 12.8. The fourth-order valence-electron chi connectivity index (χ4n) is 4.90. The third-order valence-electron chi connectivity index (χ3n) is 6.99. The number of anilines is 1. The van der Waals surface area contributed by atoms with Crippen LogP contribution in [0.25, 0.3) is 11.3 Å². The van der Waals surface area contributed by atoms with Gasteiger partial charge >= 0.3 is 0 Å². The summed E-state index contributed by atoms with van der Waals surface area (Å²) < 4.78 is 35.0. The zero-order chi connectivity index (χ0) is 28.3. The number of hydrogen-bond acceptors (Lipinski definition) is 9. The lowest BCUT2D eigenvalue weighted by Gasteiger charge is -2.32. The number of likely N-dealkylation sites (tertiary alicyclic amines) is 1. The Bertz CT molecular complexity index is 1610. The summed E-state index contributed by atoms with van der Waals surface area (Å²) >= 11 is 0. The zero-order valence-corrected chi connectivity index (χ0v) is 23.5. The Labute approximate surface area is 234 Å². The van der Waals surface area contributed by atoms with E-state index >= 15 is 0 Å². The molecule has 5 rings (SSSR count). The number of aryl methyl sites for hydroxylation is 2. The molecule has 10 heteroatoms. The van der Waals surface area contributed by atoms with Crippen LogP contribution in [-0.2, 0) is 16.4 Å². The second kappa shape index (κ2) is 11.5. The van der Waals surface area contributed by atoms with Gasteiger partial charge in [-0.1, -0.05) is 12.1 Å². The summed E-state index contributed by atoms with van der Waals surface area (Å²) in [6.07, 6.45) is 6.27. The Morgan fingerprint density at radius 1 is 1.07 bits per heavy atom. The zero-order valence-electron chi connectivity index (χ0n) is 22.7. The van der Waals surface area contributed by atoms with Crippen molar-refractivity contribution in [3.63, 3.8) is 0 Å². The van der Waals surface area contributed by atoms with Crippen molar-refractivity contribution in [2.24, 2.45) is 0 Å². The number of piperidine rings is 1. The molecular weight excluding hydrogens is 526 g/mol. The Hall–Kier alpha value is -4.20. The highest BCUT2D eigenvalue weighted by Gasteiger charge is 2.21. The van der Waals surface area contributed by atoms with E-state index in [0.29, 0.717) is 33.7 Å². The fourth-order valence-corrected chi connectivity index (χ4v) is 5.53. The van der Waals surface area contributed by atoms with Crippen LogP contribution in [0.5, 0.6) is 11.6 Å². The maximum Gasteiger partial charge on any atom is 0.226 e. The minimum absolute atomic E-state index is 0.190. The predicted octanol–water partition coefficient (Wildman–Crippen LogP) is 5.50. The average molecular weight is 558 g/mol. The number of rotatable bonds is 8. The van der Waals surface area contributed by atoms with Crippen LogP contribution in [0, 0.1) is 25.2 Å². The van der Waals surface area contributed by atoms with E-state index in [4.69, 9.17) is 14.1 Å². The van der Waals surface area contributed by atoms with Gasteiger partial charge in [0.15, 0.2) is 9.84 Å². The van der Waals surface area contributed by atoms with Crippen LogP contribution >= 0.6 is 0 Å². The van der Waals surface area contributed by atoms with E-state index < -0.39 is 9.84 Å². The van der Waals surface area contributed by atoms with E-state index in [1.54, 1.807) is 42.9 Å². The maximum atomic E-state index is 11.7. The van der Waals surface area contributed by atoms with Gasteiger partial charge in [-0.05, 0) is 73.7 Å². The normalized spacial score (nSPS) is 14.6. The number of nitrogens with one attached hydrogen (secondary N) is 1. The summed E-state index contributed by atoms with van der Waals surface area (Å²) in [5.41, 5.74) is 4.88. The van der Waals surface area contributed by atoms with Gasteiger partial charge < -0.3 is 14.5 Å². The molecule has 1 aliphatic rings. The molecule has 0 bridgehead atoms. The van der Waals surface area contributed by atoms with Crippen LogP contribution < -0.4 is 10.1 Å². The van der Waals surface area contributed by atoms with Crippen LogP contribution in [0.15, 0.2) is 70.4 Å². The number of nitrogens with zero attached hydrogens (tertiary/aromatic N) is 4. The smallest absolute Gasteiger partial charge is 0.226 e. The highest BCUT2D eigenvalue weighted by Crippen LogP contribution is 2.32. The van der Waals surface area contributed by atoms with Gasteiger partial charge in [0.1, 0.15) is 5.75 Å². The number of aromatic nitrogens is 2. The van der Waals surface area contributed by atoms with Crippen molar-refractivity contribution in [2.75, 3.05) is 24.7 Å². The average Bonchev–Trinajstić information content (AvgIpc) is 3.47. The first-order chi connectivity index (χ1) is 19.2. The Morgan fingerprint density at radius 2 is 1.77 bits per heavy atom. The van der Waals surface area contributed by atoms with Crippen LogP contribution in [0.1, 0.15) is 35.1 Å². The SMILES string of the molecule is Cc1cc(C#N)cc(C)c1Oc1cc(-c2ccoc2)nc(NC2CCN(Cc3ccc(S(C)(=O)=O)cc3)CC2)n1. The van der Waals surface area contributed by atoms with Crippen LogP contribution in [0.4, 0.5) is 5.95 Å². The molecule has 4 aromatic rings. The van der Waals surface area contributed by atoms with E-state index in [-0.39, 0.29) is 6.04 Å². The van der Waals surface area contributed by atoms with E-state index in [2.05, 4.69) is 21.3 Å². The van der Waals surface area contributed by atoms with Gasteiger partial charge in [0, 0.05) is 43.6 Å². The fraction of sp³-hybridized carbons (Fsp3) is 0.300. The number of furan rings is 1. The standard InChI is InChI=1S/C30H31N5O4S/c1-20-14-23(17-31)15-21(2)29(20)39-28-16-27(24-10-13-38-19-24)33-30(34-28)32-25-8-11-35(12-9-25)18-22-4-6-26(7-5-22)40(3,36)37/h4-7,10,13-16,19,25H,8-9,11-12,18H2,1-3H3,(H,32,33,34). The molecule has 0 unspecified atom stereocenters. The number of ether oxygens (including phenoxy) is 1. The monoisotopic (exact) mass is 557 g/mol. The quantitative estimate of drug-likeness (QED) is 0.299. The highest BCUT2D eigenvalue weighted by atomic mass is 32.2. The number of nitriles is 1. The van der Waals surface area contributed by atoms with Crippen molar-refractivity contribution in [3.8, 4) is 29.0 Å². The van der Waals surface area contributed by atoms with E-state index in [0.717, 1.165) is 54.7 Å². The molecule has 2 aromatic carbocycles. The summed E-state index contributed by atoms with van der Waals surface area (Å²) in [6, 6.07) is 16.7. The van der Waals surface area contributed by atoms with Crippen molar-refractivity contribution >= 4 is 15.8 Å². The number of benzene rings is 2. The van der Waals surface area contributed by atoms with Crippen molar-refractivity contribution < 1.29 is 17.6 Å². The predicted molar refractivity (Wildman–Crippen MR) is 152 cm³/mol. The van der Waals surface area contributed by atoms with Gasteiger partial charge in [-0.3, -0.25) is 4.90 Å². The van der Waals surface area contributed by atoms with Gasteiger partial charge in [0.05, 0.1) is 34.7 Å². The third-order valence-corrected chi connectivity index (χ3v) is 8.12. The summed E-state index contributed by atoms with van der Waals surface area (Å²) in [7, 11) is -3.20. The van der Waals surface area contributed by atoms with E-state index in [1.165, 1.54) is 6.26 Å². The molecule has 0 saturated carbocycles. The molecular formula is C30H31N5O4S. The van der Waals surface area contributed by atoms with E-state index in [9.17, 15) is 13.7 Å². The summed E-state index contributed by atoms with van der Waals surface area (Å²) in [4.78, 5) is 12.1. The molecule has 40 heavy (non-hydrogen) atoms. The third kappa shape index (κ3) is 6.50. The molecule has 0 radical (unpaired) electrons. The molecule has 0 amide bonds. The van der Waals surface area contributed by atoms with Gasteiger partial charge in [-0.2, -0.15) is 10.2 Å². The first-order valence-electron chi connectivity index (χ1n) is 13.1. The van der Waals surface area contributed by atoms with Crippen molar-refractivity contribution in [3.05, 3.63) is 83.3 Å². The molecule has 1 N–H and O–H groups in total. The lowest BCUT2D eigenvalue weighted by molar-refractivity contribution is 0.211. The van der Waals surface area contributed by atoms with Crippen LogP contribution in [0.3, 0.4) is 0 Å². The number of hydrogen-bond donors (Lipinski definition) is 1. The molecule has 2 aromatic heterocycles. The summed E-state index contributed by atoms with van der Waals surface area (Å²) in [6.45, 7) is 6.37. The molecule has 3 heterocycles. The highest BCUT2D eigenvalue weighted by molar-refractivity contribution is 7.90. The molecule has 1 aliphatic heterocycles. The molecule has 206 valence electrons. The minimum Gasteiger partial charge on any atom is -0.472 e. The Balaban J connectivity index is 1.28. The first-order valence-corrected chi connectivity index (χ1v) is 15.0. The van der Waals surface area contributed by atoms with Crippen LogP contribution in [-0.4, -0.2) is 48.7 Å². The van der Waals surface area contributed by atoms with E-state index in [1.807, 2.05) is 32.0 Å². The van der Waals surface area contributed by atoms with Crippen molar-refractivity contribution in [1.82, 2.24) is 14.9 Å². The molecule has 1 fully saturated rings. The molecule has 0 spiro atoms. The van der Waals surface area contributed by atoms with Crippen molar-refractivity contribution in [2.45, 2.75) is 44.2 Å². The Morgan fingerprint density at radius 3 is 2.38 bits per heavy atom. The molecule has 0 atom stereocenters. The summed E-state index contributed by atoms with van der Waals surface area (Å²) in [5.74, 6) is 1.55. The Kier molecular flexibility index (Phi) is 7.87. The van der Waals surface area contributed by atoms with Gasteiger partial charge in [0.25, 0.3) is 0 Å². The van der Waals surface area contributed by atoms with Crippen LogP contribution in [0.2, 0.25) is 0 Å². The molecule has 0 aliphatic carbocycles. The maximum absolute atomic E-state index is 11.7. The largest absolute Gasteiger partial charge is 0.472 e. The van der Waals surface area contributed by atoms with Gasteiger partial charge in [-0.25, -0.2) is 13.4 Å². The number of sulfone groups is 1.